The molecule has 0 unspecified atom stereocenters. The van der Waals surface area contributed by atoms with E-state index in [-0.39, 0.29) is 11.3 Å². The highest BCUT2D eigenvalue weighted by Gasteiger charge is 2.28. The number of hydrogen-bond donors (Lipinski definition) is 2. The lowest BCUT2D eigenvalue weighted by atomic mass is 10.1. The van der Waals surface area contributed by atoms with Crippen molar-refractivity contribution in [2.75, 3.05) is 6.61 Å². The minimum absolute atomic E-state index is 0.184. The molecule has 0 bridgehead atoms. The first-order chi connectivity index (χ1) is 11.7. The number of aromatic carboxylic acids is 1. The van der Waals surface area contributed by atoms with Gasteiger partial charge in [-0.25, -0.2) is 4.79 Å². The van der Waals surface area contributed by atoms with Crippen molar-refractivity contribution in [1.82, 2.24) is 5.32 Å². The van der Waals surface area contributed by atoms with Crippen LogP contribution < -0.4 is 10.1 Å². The Morgan fingerprint density at radius 1 is 1.16 bits per heavy atom. The monoisotopic (exact) mass is 353 g/mol. The SMILES string of the molecule is Cc1ccc(CNCc2cccc(C(=O)O)c2)c(OCC(F)(F)F)c1. The van der Waals surface area contributed by atoms with Crippen molar-refractivity contribution in [3.05, 3.63) is 64.7 Å². The molecular weight excluding hydrogens is 335 g/mol. The molecule has 2 N–H and O–H groups in total. The van der Waals surface area contributed by atoms with E-state index >= 15 is 0 Å². The lowest BCUT2D eigenvalue weighted by Gasteiger charge is -2.14. The Hall–Kier alpha value is -2.54. The lowest BCUT2D eigenvalue weighted by Crippen LogP contribution is -2.20. The first kappa shape index (κ1) is 18.8. The number of carboxylic acids is 1. The highest BCUT2D eigenvalue weighted by Crippen LogP contribution is 2.23. The maximum absolute atomic E-state index is 12.4. The van der Waals surface area contributed by atoms with Crippen LogP contribution in [0.1, 0.15) is 27.0 Å². The van der Waals surface area contributed by atoms with Gasteiger partial charge in [0.25, 0.3) is 0 Å². The molecule has 0 radical (unpaired) electrons. The summed E-state index contributed by atoms with van der Waals surface area (Å²) in [5, 5.41) is 12.1. The van der Waals surface area contributed by atoms with Crippen LogP contribution in [-0.2, 0) is 13.1 Å². The van der Waals surface area contributed by atoms with Gasteiger partial charge in [0.1, 0.15) is 5.75 Å². The molecule has 4 nitrogen and oxygen atoms in total. The lowest BCUT2D eigenvalue weighted by molar-refractivity contribution is -0.153. The quantitative estimate of drug-likeness (QED) is 0.792. The van der Waals surface area contributed by atoms with Crippen molar-refractivity contribution < 1.29 is 27.8 Å². The van der Waals surface area contributed by atoms with Crippen molar-refractivity contribution in [3.8, 4) is 5.75 Å². The molecule has 0 aliphatic rings. The second-order valence-electron chi connectivity index (χ2n) is 5.62. The molecule has 7 heteroatoms. The molecule has 25 heavy (non-hydrogen) atoms. The van der Waals surface area contributed by atoms with Gasteiger partial charge in [-0.3, -0.25) is 0 Å². The fraction of sp³-hybridized carbons (Fsp3) is 0.278. The fourth-order valence-electron chi connectivity index (χ4n) is 2.26. The highest BCUT2D eigenvalue weighted by molar-refractivity contribution is 5.87. The molecule has 0 aromatic heterocycles. The minimum Gasteiger partial charge on any atom is -0.484 e. The van der Waals surface area contributed by atoms with E-state index in [1.807, 2.05) is 0 Å². The molecule has 0 fully saturated rings. The molecule has 0 amide bonds. The minimum atomic E-state index is -4.40. The molecule has 0 heterocycles. The summed E-state index contributed by atoms with van der Waals surface area (Å²) in [7, 11) is 0. The number of carbonyl (C=O) groups is 1. The summed E-state index contributed by atoms with van der Waals surface area (Å²) in [5.41, 5.74) is 2.35. The number of rotatable bonds is 7. The zero-order chi connectivity index (χ0) is 18.4. The van der Waals surface area contributed by atoms with Crippen molar-refractivity contribution in [2.45, 2.75) is 26.2 Å². The van der Waals surface area contributed by atoms with E-state index in [1.165, 1.54) is 6.07 Å². The summed E-state index contributed by atoms with van der Waals surface area (Å²) < 4.78 is 42.0. The summed E-state index contributed by atoms with van der Waals surface area (Å²) >= 11 is 0. The fourth-order valence-corrected chi connectivity index (χ4v) is 2.26. The standard InChI is InChI=1S/C18H18F3NO3/c1-12-5-6-15(16(7-12)25-11-18(19,20)21)10-22-9-13-3-2-4-14(8-13)17(23)24/h2-8,22H,9-11H2,1H3,(H,23,24). The van der Waals surface area contributed by atoms with Gasteiger partial charge in [-0.15, -0.1) is 0 Å². The van der Waals surface area contributed by atoms with Crippen LogP contribution in [0.25, 0.3) is 0 Å². The molecule has 2 aromatic carbocycles. The normalized spacial score (nSPS) is 11.4. The molecule has 0 atom stereocenters. The van der Waals surface area contributed by atoms with Gasteiger partial charge in [0.05, 0.1) is 5.56 Å². The van der Waals surface area contributed by atoms with Gasteiger partial charge < -0.3 is 15.2 Å². The van der Waals surface area contributed by atoms with Gasteiger partial charge in [0, 0.05) is 18.7 Å². The van der Waals surface area contributed by atoms with Crippen LogP contribution in [0.2, 0.25) is 0 Å². The number of hydrogen-bond acceptors (Lipinski definition) is 3. The molecule has 0 saturated heterocycles. The largest absolute Gasteiger partial charge is 0.484 e. The number of carboxylic acid groups (broad SMARTS) is 1. The summed E-state index contributed by atoms with van der Waals surface area (Å²) in [6.45, 7) is 1.11. The van der Waals surface area contributed by atoms with E-state index in [0.29, 0.717) is 18.7 Å². The number of halogens is 3. The van der Waals surface area contributed by atoms with Gasteiger partial charge in [-0.1, -0.05) is 24.3 Å². The second kappa shape index (κ2) is 8.02. The average molecular weight is 353 g/mol. The zero-order valence-electron chi connectivity index (χ0n) is 13.6. The second-order valence-corrected chi connectivity index (χ2v) is 5.62. The molecule has 0 spiro atoms. The predicted molar refractivity (Wildman–Crippen MR) is 86.7 cm³/mol. The number of ether oxygens (including phenoxy) is 1. The zero-order valence-corrected chi connectivity index (χ0v) is 13.6. The Labute approximate surface area is 143 Å². The summed E-state index contributed by atoms with van der Waals surface area (Å²) in [6, 6.07) is 11.5. The Balaban J connectivity index is 2.00. The van der Waals surface area contributed by atoms with Crippen molar-refractivity contribution in [2.24, 2.45) is 0 Å². The van der Waals surface area contributed by atoms with Crippen LogP contribution in [-0.4, -0.2) is 23.9 Å². The van der Waals surface area contributed by atoms with Gasteiger partial charge in [0.2, 0.25) is 0 Å². The number of alkyl halides is 3. The maximum Gasteiger partial charge on any atom is 0.422 e. The first-order valence-electron chi connectivity index (χ1n) is 7.56. The van der Waals surface area contributed by atoms with E-state index in [4.69, 9.17) is 9.84 Å². The van der Waals surface area contributed by atoms with Crippen LogP contribution in [0.5, 0.6) is 5.75 Å². The van der Waals surface area contributed by atoms with E-state index < -0.39 is 18.8 Å². The molecule has 0 aliphatic heterocycles. The highest BCUT2D eigenvalue weighted by atomic mass is 19.4. The summed E-state index contributed by atoms with van der Waals surface area (Å²) in [6.07, 6.45) is -4.40. The molecular formula is C18H18F3NO3. The topological polar surface area (TPSA) is 58.6 Å². The van der Waals surface area contributed by atoms with Gasteiger partial charge in [0.15, 0.2) is 6.61 Å². The molecule has 134 valence electrons. The van der Waals surface area contributed by atoms with Gasteiger partial charge in [-0.05, 0) is 36.2 Å². The number of aryl methyl sites for hydroxylation is 1. The van der Waals surface area contributed by atoms with E-state index in [1.54, 1.807) is 43.3 Å². The van der Waals surface area contributed by atoms with Crippen LogP contribution in [0.4, 0.5) is 13.2 Å². The molecule has 2 rings (SSSR count). The van der Waals surface area contributed by atoms with E-state index in [2.05, 4.69) is 5.32 Å². The van der Waals surface area contributed by atoms with Crippen LogP contribution >= 0.6 is 0 Å². The van der Waals surface area contributed by atoms with Crippen LogP contribution in [0, 0.1) is 6.92 Å². The average Bonchev–Trinajstić information content (AvgIpc) is 2.54. The third-order valence-electron chi connectivity index (χ3n) is 3.43. The number of benzene rings is 2. The molecule has 2 aromatic rings. The van der Waals surface area contributed by atoms with E-state index in [9.17, 15) is 18.0 Å². The van der Waals surface area contributed by atoms with E-state index in [0.717, 1.165) is 11.1 Å². The van der Waals surface area contributed by atoms with Crippen LogP contribution in [0.15, 0.2) is 42.5 Å². The third-order valence-corrected chi connectivity index (χ3v) is 3.43. The Bertz CT molecular complexity index is 745. The first-order valence-corrected chi connectivity index (χ1v) is 7.56. The number of nitrogens with one attached hydrogen (secondary N) is 1. The Morgan fingerprint density at radius 2 is 1.92 bits per heavy atom. The van der Waals surface area contributed by atoms with Gasteiger partial charge in [-0.2, -0.15) is 13.2 Å². The van der Waals surface area contributed by atoms with Crippen molar-refractivity contribution in [3.63, 3.8) is 0 Å². The predicted octanol–water partition coefficient (Wildman–Crippen LogP) is 3.92. The summed E-state index contributed by atoms with van der Waals surface area (Å²) in [5.74, 6) is -0.827. The summed E-state index contributed by atoms with van der Waals surface area (Å²) in [4.78, 5) is 10.9. The Kier molecular flexibility index (Phi) is 6.03. The maximum atomic E-state index is 12.4. The van der Waals surface area contributed by atoms with Crippen molar-refractivity contribution >= 4 is 5.97 Å². The van der Waals surface area contributed by atoms with Gasteiger partial charge >= 0.3 is 12.1 Å². The van der Waals surface area contributed by atoms with Crippen molar-refractivity contribution in [1.29, 1.82) is 0 Å². The molecule has 0 saturated carbocycles. The Morgan fingerprint density at radius 3 is 2.60 bits per heavy atom. The third kappa shape index (κ3) is 6.11. The molecule has 0 aliphatic carbocycles. The smallest absolute Gasteiger partial charge is 0.422 e. The van der Waals surface area contributed by atoms with Crippen LogP contribution in [0.3, 0.4) is 0 Å².